The average molecular weight is 360 g/mol. The van der Waals surface area contributed by atoms with Crippen molar-refractivity contribution in [2.45, 2.75) is 19.8 Å². The van der Waals surface area contributed by atoms with Gasteiger partial charge in [0.2, 0.25) is 0 Å². The summed E-state index contributed by atoms with van der Waals surface area (Å²) in [4.78, 5) is 11.9. The van der Waals surface area contributed by atoms with Crippen LogP contribution in [0.4, 0.5) is 17.3 Å². The van der Waals surface area contributed by atoms with Gasteiger partial charge in [-0.25, -0.2) is 9.97 Å². The molecule has 1 aromatic heterocycles. The van der Waals surface area contributed by atoms with E-state index in [1.807, 2.05) is 67.6 Å². The Bertz CT molecular complexity index is 892. The first-order valence-corrected chi connectivity index (χ1v) is 9.52. The van der Waals surface area contributed by atoms with Crippen LogP contribution in [0.15, 0.2) is 60.7 Å². The summed E-state index contributed by atoms with van der Waals surface area (Å²) in [5.41, 5.74) is 1.92. The molecule has 0 spiro atoms. The minimum Gasteiger partial charge on any atom is -0.492 e. The Morgan fingerprint density at radius 3 is 2.48 bits per heavy atom. The lowest BCUT2D eigenvalue weighted by atomic mass is 10.2. The van der Waals surface area contributed by atoms with Crippen LogP contribution in [0.3, 0.4) is 0 Å². The highest BCUT2D eigenvalue weighted by Gasteiger charge is 2.17. The minimum atomic E-state index is 0.622. The predicted molar refractivity (Wildman–Crippen MR) is 110 cm³/mol. The number of aromatic nitrogens is 2. The molecule has 5 heteroatoms. The third-order valence-corrected chi connectivity index (χ3v) is 4.62. The van der Waals surface area contributed by atoms with Crippen molar-refractivity contribution in [3.63, 3.8) is 0 Å². The van der Waals surface area contributed by atoms with E-state index in [1.54, 1.807) is 0 Å². The van der Waals surface area contributed by atoms with Gasteiger partial charge in [-0.1, -0.05) is 42.5 Å². The van der Waals surface area contributed by atoms with Gasteiger partial charge < -0.3 is 15.0 Å². The second-order valence-electron chi connectivity index (χ2n) is 6.55. The highest BCUT2D eigenvalue weighted by molar-refractivity contribution is 5.68. The molecule has 2 aromatic carbocycles. The number of benzene rings is 2. The summed E-state index contributed by atoms with van der Waals surface area (Å²) in [5, 5.41) is 3.43. The van der Waals surface area contributed by atoms with Gasteiger partial charge in [-0.2, -0.15) is 0 Å². The Labute approximate surface area is 160 Å². The molecule has 0 bridgehead atoms. The maximum Gasteiger partial charge on any atom is 0.163 e. The minimum absolute atomic E-state index is 0.622. The van der Waals surface area contributed by atoms with Crippen molar-refractivity contribution in [1.82, 2.24) is 9.97 Å². The quantitative estimate of drug-likeness (QED) is 0.678. The van der Waals surface area contributed by atoms with Gasteiger partial charge in [-0.3, -0.25) is 0 Å². The summed E-state index contributed by atoms with van der Waals surface area (Å²) in [6.45, 7) is 4.69. The van der Waals surface area contributed by atoms with Crippen molar-refractivity contribution in [1.29, 1.82) is 0 Å². The topological polar surface area (TPSA) is 50.3 Å². The summed E-state index contributed by atoms with van der Waals surface area (Å²) < 4.78 is 5.74. The molecule has 1 N–H and O–H groups in total. The summed E-state index contributed by atoms with van der Waals surface area (Å²) in [6.07, 6.45) is 2.42. The number of hydrogen-bond acceptors (Lipinski definition) is 5. The number of nitrogens with zero attached hydrogens (tertiary/aromatic N) is 3. The van der Waals surface area contributed by atoms with Crippen molar-refractivity contribution in [3.8, 4) is 17.1 Å². The maximum atomic E-state index is 5.74. The van der Waals surface area contributed by atoms with Crippen LogP contribution in [0.5, 0.6) is 5.75 Å². The summed E-state index contributed by atoms with van der Waals surface area (Å²) in [5.74, 6) is 3.30. The highest BCUT2D eigenvalue weighted by atomic mass is 16.5. The third-order valence-electron chi connectivity index (χ3n) is 4.62. The van der Waals surface area contributed by atoms with Crippen LogP contribution in [0, 0.1) is 0 Å². The number of para-hydroxylation sites is 2. The molecule has 2 heterocycles. The van der Waals surface area contributed by atoms with Crippen LogP contribution < -0.4 is 15.0 Å². The van der Waals surface area contributed by atoms with Gasteiger partial charge in [0.25, 0.3) is 0 Å². The number of anilines is 3. The fourth-order valence-electron chi connectivity index (χ4n) is 3.31. The van der Waals surface area contributed by atoms with Crippen molar-refractivity contribution in [2.24, 2.45) is 0 Å². The van der Waals surface area contributed by atoms with Crippen LogP contribution in [-0.2, 0) is 0 Å². The molecule has 0 unspecified atom stereocenters. The third kappa shape index (κ3) is 4.03. The monoisotopic (exact) mass is 360 g/mol. The first-order valence-electron chi connectivity index (χ1n) is 9.52. The van der Waals surface area contributed by atoms with Gasteiger partial charge in [0.15, 0.2) is 5.82 Å². The summed E-state index contributed by atoms with van der Waals surface area (Å²) >= 11 is 0. The van der Waals surface area contributed by atoms with E-state index < -0.39 is 0 Å². The van der Waals surface area contributed by atoms with E-state index in [2.05, 4.69) is 10.2 Å². The zero-order valence-corrected chi connectivity index (χ0v) is 15.6. The van der Waals surface area contributed by atoms with Gasteiger partial charge in [-0.15, -0.1) is 0 Å². The number of ether oxygens (including phenoxy) is 1. The highest BCUT2D eigenvalue weighted by Crippen LogP contribution is 2.30. The smallest absolute Gasteiger partial charge is 0.163 e. The van der Waals surface area contributed by atoms with E-state index >= 15 is 0 Å². The first kappa shape index (κ1) is 17.3. The van der Waals surface area contributed by atoms with E-state index in [9.17, 15) is 0 Å². The van der Waals surface area contributed by atoms with E-state index in [0.29, 0.717) is 6.61 Å². The van der Waals surface area contributed by atoms with Crippen molar-refractivity contribution in [3.05, 3.63) is 60.7 Å². The molecule has 1 fully saturated rings. The lowest BCUT2D eigenvalue weighted by molar-refractivity contribution is 0.342. The van der Waals surface area contributed by atoms with E-state index in [-0.39, 0.29) is 0 Å². The van der Waals surface area contributed by atoms with Crippen LogP contribution in [0.2, 0.25) is 0 Å². The Morgan fingerprint density at radius 1 is 0.963 bits per heavy atom. The molecule has 0 amide bonds. The van der Waals surface area contributed by atoms with Gasteiger partial charge in [0, 0.05) is 24.7 Å². The van der Waals surface area contributed by atoms with Crippen molar-refractivity contribution in [2.75, 3.05) is 29.9 Å². The first-order chi connectivity index (χ1) is 13.3. The normalized spacial score (nSPS) is 13.6. The van der Waals surface area contributed by atoms with Crippen LogP contribution in [0.1, 0.15) is 19.8 Å². The van der Waals surface area contributed by atoms with E-state index in [0.717, 1.165) is 47.5 Å². The number of rotatable bonds is 6. The van der Waals surface area contributed by atoms with Gasteiger partial charge in [-0.05, 0) is 31.9 Å². The summed E-state index contributed by atoms with van der Waals surface area (Å²) in [6, 6.07) is 20.1. The van der Waals surface area contributed by atoms with Crippen molar-refractivity contribution < 1.29 is 4.74 Å². The Morgan fingerprint density at radius 2 is 1.70 bits per heavy atom. The molecule has 5 nitrogen and oxygen atoms in total. The molecule has 0 atom stereocenters. The molecular formula is C22H24N4O. The van der Waals surface area contributed by atoms with Gasteiger partial charge in [0.05, 0.1) is 12.3 Å². The average Bonchev–Trinajstić information content (AvgIpc) is 3.25. The van der Waals surface area contributed by atoms with E-state index in [1.165, 1.54) is 12.8 Å². The molecule has 1 saturated heterocycles. The lowest BCUT2D eigenvalue weighted by Crippen LogP contribution is -2.19. The lowest BCUT2D eigenvalue weighted by Gasteiger charge is -2.19. The SMILES string of the molecule is CCOc1ccccc1Nc1cc(N2CCCC2)nc(-c2ccccc2)n1. The molecular weight excluding hydrogens is 336 g/mol. The Kier molecular flexibility index (Phi) is 5.19. The summed E-state index contributed by atoms with van der Waals surface area (Å²) in [7, 11) is 0. The molecule has 138 valence electrons. The van der Waals surface area contributed by atoms with Gasteiger partial charge >= 0.3 is 0 Å². The molecule has 0 radical (unpaired) electrons. The maximum absolute atomic E-state index is 5.74. The molecule has 4 rings (SSSR count). The molecule has 3 aromatic rings. The fourth-order valence-corrected chi connectivity index (χ4v) is 3.31. The zero-order valence-electron chi connectivity index (χ0n) is 15.6. The Balaban J connectivity index is 1.72. The molecule has 1 aliphatic rings. The molecule has 27 heavy (non-hydrogen) atoms. The predicted octanol–water partition coefficient (Wildman–Crippen LogP) is 4.89. The van der Waals surface area contributed by atoms with Crippen molar-refractivity contribution >= 4 is 17.3 Å². The molecule has 1 aliphatic heterocycles. The number of nitrogens with one attached hydrogen (secondary N) is 1. The molecule has 0 aliphatic carbocycles. The van der Waals surface area contributed by atoms with Crippen LogP contribution in [0.25, 0.3) is 11.4 Å². The zero-order chi connectivity index (χ0) is 18.5. The fraction of sp³-hybridized carbons (Fsp3) is 0.273. The Hall–Kier alpha value is -3.08. The van der Waals surface area contributed by atoms with Crippen LogP contribution >= 0.6 is 0 Å². The number of hydrogen-bond donors (Lipinski definition) is 1. The van der Waals surface area contributed by atoms with Crippen LogP contribution in [-0.4, -0.2) is 29.7 Å². The second-order valence-corrected chi connectivity index (χ2v) is 6.55. The second kappa shape index (κ2) is 8.08. The largest absolute Gasteiger partial charge is 0.492 e. The molecule has 0 saturated carbocycles. The standard InChI is InChI=1S/C22H24N4O/c1-2-27-19-13-7-6-12-18(19)23-20-16-21(26-14-8-9-15-26)25-22(24-20)17-10-4-3-5-11-17/h3-7,10-13,16H,2,8-9,14-15H2,1H3,(H,23,24,25). The van der Waals surface area contributed by atoms with Gasteiger partial charge in [0.1, 0.15) is 17.4 Å². The van der Waals surface area contributed by atoms with E-state index in [4.69, 9.17) is 14.7 Å².